The van der Waals surface area contributed by atoms with Crippen LogP contribution >= 0.6 is 0 Å². The Morgan fingerprint density at radius 2 is 1.64 bits per heavy atom. The molecule has 0 aliphatic rings. The zero-order valence-corrected chi connectivity index (χ0v) is 16.7. The molecule has 0 aliphatic carbocycles. The van der Waals surface area contributed by atoms with Gasteiger partial charge in [0.1, 0.15) is 18.1 Å². The van der Waals surface area contributed by atoms with Crippen LogP contribution in [0.25, 0.3) is 0 Å². The van der Waals surface area contributed by atoms with Crippen molar-refractivity contribution in [3.05, 3.63) is 89.5 Å². The molecule has 0 atom stereocenters. The molecule has 3 rings (SSSR count). The Labute approximate surface area is 167 Å². The van der Waals surface area contributed by atoms with Gasteiger partial charge in [0.15, 0.2) is 0 Å². The molecule has 2 N–H and O–H groups in total. The van der Waals surface area contributed by atoms with Gasteiger partial charge >= 0.3 is 0 Å². The summed E-state index contributed by atoms with van der Waals surface area (Å²) >= 11 is 0. The van der Waals surface area contributed by atoms with Crippen LogP contribution in [0.15, 0.2) is 72.8 Å². The van der Waals surface area contributed by atoms with E-state index in [1.165, 1.54) is 5.56 Å². The van der Waals surface area contributed by atoms with Gasteiger partial charge in [-0.15, -0.1) is 0 Å². The van der Waals surface area contributed by atoms with Crippen LogP contribution in [0.3, 0.4) is 0 Å². The summed E-state index contributed by atoms with van der Waals surface area (Å²) in [7, 11) is 1.69. The van der Waals surface area contributed by atoms with Gasteiger partial charge in [-0.3, -0.25) is 0 Å². The zero-order chi connectivity index (χ0) is 19.8. The Morgan fingerprint density at radius 1 is 0.893 bits per heavy atom. The van der Waals surface area contributed by atoms with Crippen LogP contribution in [0.4, 0.5) is 5.69 Å². The normalized spacial score (nSPS) is 10.7. The molecule has 0 saturated carbocycles. The zero-order valence-electron chi connectivity index (χ0n) is 16.7. The fraction of sp³-hybridized carbons (Fsp3) is 0.250. The summed E-state index contributed by atoms with van der Waals surface area (Å²) < 4.78 is 11.5. The lowest BCUT2D eigenvalue weighted by Gasteiger charge is -2.14. The molecule has 4 heteroatoms. The molecular weight excluding hydrogens is 348 g/mol. The molecule has 4 nitrogen and oxygen atoms in total. The van der Waals surface area contributed by atoms with Crippen molar-refractivity contribution in [1.82, 2.24) is 5.43 Å². The van der Waals surface area contributed by atoms with Crippen molar-refractivity contribution in [1.29, 1.82) is 0 Å². The van der Waals surface area contributed by atoms with E-state index in [-0.39, 0.29) is 0 Å². The second-order valence-electron chi connectivity index (χ2n) is 7.00. The first-order valence-electron chi connectivity index (χ1n) is 9.58. The van der Waals surface area contributed by atoms with Gasteiger partial charge in [0.25, 0.3) is 0 Å². The number of hydrogen-bond donors (Lipinski definition) is 2. The molecule has 28 heavy (non-hydrogen) atoms. The average Bonchev–Trinajstić information content (AvgIpc) is 2.73. The molecule has 0 saturated heterocycles. The summed E-state index contributed by atoms with van der Waals surface area (Å²) in [5.74, 6) is 2.21. The van der Waals surface area contributed by atoms with E-state index in [9.17, 15) is 0 Å². The maximum absolute atomic E-state index is 5.98. The summed E-state index contributed by atoms with van der Waals surface area (Å²) in [6, 6.07) is 24.5. The number of benzene rings is 3. The van der Waals surface area contributed by atoms with Gasteiger partial charge in [0.2, 0.25) is 0 Å². The Hall–Kier alpha value is -2.98. The van der Waals surface area contributed by atoms with Gasteiger partial charge in [0, 0.05) is 17.8 Å². The maximum atomic E-state index is 5.98. The third-order valence-corrected chi connectivity index (χ3v) is 4.58. The second-order valence-corrected chi connectivity index (χ2v) is 7.00. The minimum absolute atomic E-state index is 0.462. The van der Waals surface area contributed by atoms with E-state index >= 15 is 0 Å². The largest absolute Gasteiger partial charge is 0.496 e. The second kappa shape index (κ2) is 9.81. The van der Waals surface area contributed by atoms with Crippen molar-refractivity contribution in [2.45, 2.75) is 32.9 Å². The highest BCUT2D eigenvalue weighted by Gasteiger charge is 2.07. The maximum Gasteiger partial charge on any atom is 0.125 e. The van der Waals surface area contributed by atoms with Crippen LogP contribution in [-0.4, -0.2) is 7.11 Å². The molecule has 0 bridgehead atoms. The Balaban J connectivity index is 1.60. The monoisotopic (exact) mass is 376 g/mol. The third-order valence-electron chi connectivity index (χ3n) is 4.58. The van der Waals surface area contributed by atoms with Crippen LogP contribution in [0.1, 0.15) is 36.5 Å². The molecule has 0 aromatic heterocycles. The Kier molecular flexibility index (Phi) is 6.93. The highest BCUT2D eigenvalue weighted by Crippen LogP contribution is 2.24. The fourth-order valence-electron chi connectivity index (χ4n) is 2.93. The van der Waals surface area contributed by atoms with Gasteiger partial charge in [-0.05, 0) is 53.4 Å². The molecule has 0 unspecified atom stereocenters. The van der Waals surface area contributed by atoms with Crippen molar-refractivity contribution < 1.29 is 9.47 Å². The summed E-state index contributed by atoms with van der Waals surface area (Å²) in [6.45, 7) is 5.53. The van der Waals surface area contributed by atoms with Crippen LogP contribution in [0, 0.1) is 0 Å². The molecule has 0 amide bonds. The molecule has 3 aromatic rings. The molecule has 0 fully saturated rings. The van der Waals surface area contributed by atoms with Crippen molar-refractivity contribution in [3.63, 3.8) is 0 Å². The Morgan fingerprint density at radius 3 is 2.32 bits per heavy atom. The van der Waals surface area contributed by atoms with E-state index in [4.69, 9.17) is 9.47 Å². The average molecular weight is 377 g/mol. The molecule has 0 heterocycles. The van der Waals surface area contributed by atoms with Crippen molar-refractivity contribution >= 4 is 5.69 Å². The van der Waals surface area contributed by atoms with Crippen LogP contribution in [-0.2, 0) is 13.2 Å². The number of anilines is 1. The topological polar surface area (TPSA) is 42.5 Å². The summed E-state index contributed by atoms with van der Waals surface area (Å²) in [5.41, 5.74) is 11.0. The molecule has 3 aromatic carbocycles. The number of ether oxygens (including phenoxy) is 2. The van der Waals surface area contributed by atoms with Gasteiger partial charge < -0.3 is 14.9 Å². The smallest absolute Gasteiger partial charge is 0.125 e. The SMILES string of the molecule is COc1ccc(CNNc2ccccc2)cc1COc1ccc(C(C)C)cc1. The number of rotatable bonds is 9. The Bertz CT molecular complexity index is 862. The predicted octanol–water partition coefficient (Wildman–Crippen LogP) is 5.51. The van der Waals surface area contributed by atoms with Crippen molar-refractivity contribution in [3.8, 4) is 11.5 Å². The lowest BCUT2D eigenvalue weighted by Crippen LogP contribution is -2.20. The molecule has 0 aliphatic heterocycles. The first kappa shape index (κ1) is 19.8. The van der Waals surface area contributed by atoms with E-state index < -0.39 is 0 Å². The molecule has 0 radical (unpaired) electrons. The van der Waals surface area contributed by atoms with E-state index in [1.807, 2.05) is 48.5 Å². The molecule has 0 spiro atoms. The van der Waals surface area contributed by atoms with Gasteiger partial charge in [0.05, 0.1) is 7.11 Å². The van der Waals surface area contributed by atoms with Crippen LogP contribution in [0.5, 0.6) is 11.5 Å². The molecule has 146 valence electrons. The van der Waals surface area contributed by atoms with E-state index in [2.05, 4.69) is 49.0 Å². The lowest BCUT2D eigenvalue weighted by atomic mass is 10.0. The third kappa shape index (κ3) is 5.51. The number of methoxy groups -OCH3 is 1. The van der Waals surface area contributed by atoms with Gasteiger partial charge in [-0.2, -0.15) is 0 Å². The van der Waals surface area contributed by atoms with Crippen LogP contribution in [0.2, 0.25) is 0 Å². The van der Waals surface area contributed by atoms with Gasteiger partial charge in [-0.25, -0.2) is 5.43 Å². The number of hydrazine groups is 1. The fourth-order valence-corrected chi connectivity index (χ4v) is 2.93. The number of nitrogens with one attached hydrogen (secondary N) is 2. The minimum atomic E-state index is 0.462. The quantitative estimate of drug-likeness (QED) is 0.483. The van der Waals surface area contributed by atoms with E-state index in [1.54, 1.807) is 7.11 Å². The van der Waals surface area contributed by atoms with Crippen molar-refractivity contribution in [2.75, 3.05) is 12.5 Å². The number of para-hydroxylation sites is 1. The molecular formula is C24H28N2O2. The van der Waals surface area contributed by atoms with Crippen LogP contribution < -0.4 is 20.3 Å². The van der Waals surface area contributed by atoms with Crippen molar-refractivity contribution in [2.24, 2.45) is 0 Å². The van der Waals surface area contributed by atoms with Gasteiger partial charge in [-0.1, -0.05) is 50.2 Å². The standard InChI is InChI=1S/C24H28N2O2/c1-18(2)20-10-12-23(13-11-20)28-17-21-15-19(9-14-24(21)27-3)16-25-26-22-7-5-4-6-8-22/h4-15,18,25-26H,16-17H2,1-3H3. The predicted molar refractivity (Wildman–Crippen MR) is 115 cm³/mol. The highest BCUT2D eigenvalue weighted by atomic mass is 16.5. The first-order chi connectivity index (χ1) is 13.7. The summed E-state index contributed by atoms with van der Waals surface area (Å²) in [6.07, 6.45) is 0. The highest BCUT2D eigenvalue weighted by molar-refractivity contribution is 5.42. The summed E-state index contributed by atoms with van der Waals surface area (Å²) in [4.78, 5) is 0. The lowest BCUT2D eigenvalue weighted by molar-refractivity contribution is 0.296. The summed E-state index contributed by atoms with van der Waals surface area (Å²) in [5, 5.41) is 0. The van der Waals surface area contributed by atoms with E-state index in [0.29, 0.717) is 19.1 Å². The van der Waals surface area contributed by atoms with E-state index in [0.717, 1.165) is 28.3 Å². The minimum Gasteiger partial charge on any atom is -0.496 e. The number of hydrogen-bond acceptors (Lipinski definition) is 4. The first-order valence-corrected chi connectivity index (χ1v) is 9.58.